The molecule has 0 bridgehead atoms. The van der Waals surface area contributed by atoms with Gasteiger partial charge >= 0.3 is 0 Å². The number of para-hydroxylation sites is 1. The minimum atomic E-state index is 0.0399. The van der Waals surface area contributed by atoms with Crippen molar-refractivity contribution in [3.8, 4) is 0 Å². The van der Waals surface area contributed by atoms with Crippen LogP contribution in [-0.4, -0.2) is 18.5 Å². The van der Waals surface area contributed by atoms with Gasteiger partial charge < -0.3 is 10.6 Å². The summed E-state index contributed by atoms with van der Waals surface area (Å²) in [7, 11) is 0. The highest BCUT2D eigenvalue weighted by molar-refractivity contribution is 5.92. The molecule has 2 rings (SSSR count). The number of nitrogens with one attached hydrogen (secondary N) is 2. The predicted octanol–water partition coefficient (Wildman–Crippen LogP) is 2.16. The third-order valence-electron chi connectivity index (χ3n) is 2.96. The number of hydrogen-bond donors (Lipinski definition) is 2. The van der Waals surface area contributed by atoms with Crippen LogP contribution >= 0.6 is 0 Å². The predicted molar refractivity (Wildman–Crippen MR) is 65.3 cm³/mol. The van der Waals surface area contributed by atoms with E-state index >= 15 is 0 Å². The largest absolute Gasteiger partial charge is 0.325 e. The number of benzene rings is 1. The van der Waals surface area contributed by atoms with Crippen LogP contribution < -0.4 is 10.6 Å². The first-order valence-electron chi connectivity index (χ1n) is 5.93. The van der Waals surface area contributed by atoms with Crippen molar-refractivity contribution in [2.24, 2.45) is 0 Å². The Kier molecular flexibility index (Phi) is 3.94. The van der Waals surface area contributed by atoms with Crippen molar-refractivity contribution >= 4 is 11.6 Å². The molecule has 86 valence electrons. The van der Waals surface area contributed by atoms with Gasteiger partial charge in [0.2, 0.25) is 5.91 Å². The Morgan fingerprint density at radius 2 is 1.88 bits per heavy atom. The molecular weight excluding hydrogens is 200 g/mol. The Hall–Kier alpha value is -1.35. The molecule has 1 aromatic rings. The zero-order valence-electron chi connectivity index (χ0n) is 9.41. The molecule has 16 heavy (non-hydrogen) atoms. The summed E-state index contributed by atoms with van der Waals surface area (Å²) in [6.07, 6.45) is 4.99. The number of amides is 1. The van der Waals surface area contributed by atoms with Gasteiger partial charge in [-0.05, 0) is 25.0 Å². The normalized spacial score (nSPS) is 16.2. The lowest BCUT2D eigenvalue weighted by atomic mass is 10.2. The van der Waals surface area contributed by atoms with Crippen molar-refractivity contribution in [1.82, 2.24) is 5.32 Å². The zero-order valence-corrected chi connectivity index (χ0v) is 9.41. The third kappa shape index (κ3) is 3.35. The fourth-order valence-electron chi connectivity index (χ4n) is 2.09. The highest BCUT2D eigenvalue weighted by Gasteiger charge is 2.14. The van der Waals surface area contributed by atoms with Gasteiger partial charge in [-0.25, -0.2) is 0 Å². The fraction of sp³-hybridized carbons (Fsp3) is 0.462. The zero-order chi connectivity index (χ0) is 11.2. The Labute approximate surface area is 96.2 Å². The average molecular weight is 218 g/mol. The van der Waals surface area contributed by atoms with E-state index in [0.717, 1.165) is 5.69 Å². The van der Waals surface area contributed by atoms with Crippen LogP contribution in [0.2, 0.25) is 0 Å². The molecule has 1 aliphatic rings. The van der Waals surface area contributed by atoms with Gasteiger partial charge in [-0.3, -0.25) is 4.79 Å². The second kappa shape index (κ2) is 5.66. The van der Waals surface area contributed by atoms with Crippen LogP contribution in [0.15, 0.2) is 30.3 Å². The van der Waals surface area contributed by atoms with Gasteiger partial charge in [-0.2, -0.15) is 0 Å². The number of rotatable bonds is 4. The van der Waals surface area contributed by atoms with Crippen molar-refractivity contribution in [1.29, 1.82) is 0 Å². The first-order chi connectivity index (χ1) is 7.84. The SMILES string of the molecule is O=C(CNC1CCCC1)Nc1ccccc1. The number of anilines is 1. The summed E-state index contributed by atoms with van der Waals surface area (Å²) in [5.74, 6) is 0.0399. The van der Waals surface area contributed by atoms with Crippen LogP contribution in [0.4, 0.5) is 5.69 Å². The lowest BCUT2D eigenvalue weighted by Crippen LogP contribution is -2.34. The quantitative estimate of drug-likeness (QED) is 0.813. The Morgan fingerprint density at radius 1 is 1.19 bits per heavy atom. The second-order valence-electron chi connectivity index (χ2n) is 4.28. The molecule has 0 spiro atoms. The molecule has 2 N–H and O–H groups in total. The van der Waals surface area contributed by atoms with Gasteiger partial charge in [0.25, 0.3) is 0 Å². The van der Waals surface area contributed by atoms with E-state index in [2.05, 4.69) is 10.6 Å². The first kappa shape index (κ1) is 11.1. The molecule has 1 fully saturated rings. The van der Waals surface area contributed by atoms with Crippen molar-refractivity contribution in [2.75, 3.05) is 11.9 Å². The maximum absolute atomic E-state index is 11.6. The van der Waals surface area contributed by atoms with E-state index in [9.17, 15) is 4.79 Å². The van der Waals surface area contributed by atoms with Crippen LogP contribution in [0.5, 0.6) is 0 Å². The first-order valence-corrected chi connectivity index (χ1v) is 5.93. The standard InChI is InChI=1S/C13H18N2O/c16-13(10-14-11-6-4-5-7-11)15-12-8-2-1-3-9-12/h1-3,8-9,11,14H,4-7,10H2,(H,15,16). The molecule has 1 saturated carbocycles. The average Bonchev–Trinajstić information content (AvgIpc) is 2.81. The van der Waals surface area contributed by atoms with E-state index in [1.54, 1.807) is 0 Å². The number of carbonyl (C=O) groups excluding carboxylic acids is 1. The van der Waals surface area contributed by atoms with E-state index in [-0.39, 0.29) is 5.91 Å². The Bertz CT molecular complexity index is 331. The fourth-order valence-corrected chi connectivity index (χ4v) is 2.09. The van der Waals surface area contributed by atoms with Gasteiger partial charge in [0.1, 0.15) is 0 Å². The summed E-state index contributed by atoms with van der Waals surface area (Å²) < 4.78 is 0. The van der Waals surface area contributed by atoms with E-state index in [1.807, 2.05) is 30.3 Å². The van der Waals surface area contributed by atoms with Gasteiger partial charge in [-0.1, -0.05) is 31.0 Å². The third-order valence-corrected chi connectivity index (χ3v) is 2.96. The molecule has 0 aromatic heterocycles. The van der Waals surface area contributed by atoms with Gasteiger partial charge in [0.15, 0.2) is 0 Å². The summed E-state index contributed by atoms with van der Waals surface area (Å²) in [6.45, 7) is 0.416. The molecule has 1 aromatic carbocycles. The van der Waals surface area contributed by atoms with Crippen molar-refractivity contribution in [2.45, 2.75) is 31.7 Å². The van der Waals surface area contributed by atoms with Gasteiger partial charge in [0.05, 0.1) is 6.54 Å². The maximum atomic E-state index is 11.6. The van der Waals surface area contributed by atoms with Crippen LogP contribution in [0.25, 0.3) is 0 Å². The summed E-state index contributed by atoms with van der Waals surface area (Å²) in [6, 6.07) is 10.1. The topological polar surface area (TPSA) is 41.1 Å². The van der Waals surface area contributed by atoms with E-state index in [0.29, 0.717) is 12.6 Å². The highest BCUT2D eigenvalue weighted by Crippen LogP contribution is 2.17. The smallest absolute Gasteiger partial charge is 0.238 e. The minimum Gasteiger partial charge on any atom is -0.325 e. The molecule has 0 radical (unpaired) electrons. The minimum absolute atomic E-state index is 0.0399. The lowest BCUT2D eigenvalue weighted by Gasteiger charge is -2.11. The molecular formula is C13H18N2O. The Morgan fingerprint density at radius 3 is 2.56 bits per heavy atom. The number of carbonyl (C=O) groups is 1. The summed E-state index contributed by atoms with van der Waals surface area (Å²) in [5.41, 5.74) is 0.862. The Balaban J connectivity index is 1.72. The molecule has 0 heterocycles. The highest BCUT2D eigenvalue weighted by atomic mass is 16.1. The summed E-state index contributed by atoms with van der Waals surface area (Å²) in [4.78, 5) is 11.6. The van der Waals surface area contributed by atoms with Crippen molar-refractivity contribution in [3.63, 3.8) is 0 Å². The monoisotopic (exact) mass is 218 g/mol. The van der Waals surface area contributed by atoms with Crippen LogP contribution in [-0.2, 0) is 4.79 Å². The molecule has 1 amide bonds. The van der Waals surface area contributed by atoms with E-state index < -0.39 is 0 Å². The van der Waals surface area contributed by atoms with Crippen LogP contribution in [0.1, 0.15) is 25.7 Å². The van der Waals surface area contributed by atoms with E-state index in [4.69, 9.17) is 0 Å². The van der Waals surface area contributed by atoms with Gasteiger partial charge in [0, 0.05) is 11.7 Å². The van der Waals surface area contributed by atoms with Crippen LogP contribution in [0.3, 0.4) is 0 Å². The van der Waals surface area contributed by atoms with Crippen molar-refractivity contribution in [3.05, 3.63) is 30.3 Å². The van der Waals surface area contributed by atoms with Crippen molar-refractivity contribution < 1.29 is 4.79 Å². The molecule has 1 aliphatic carbocycles. The molecule has 0 aliphatic heterocycles. The summed E-state index contributed by atoms with van der Waals surface area (Å²) in [5, 5.41) is 6.15. The van der Waals surface area contributed by atoms with Gasteiger partial charge in [-0.15, -0.1) is 0 Å². The molecule has 3 heteroatoms. The molecule has 3 nitrogen and oxygen atoms in total. The maximum Gasteiger partial charge on any atom is 0.238 e. The molecule has 0 saturated heterocycles. The number of hydrogen-bond acceptors (Lipinski definition) is 2. The second-order valence-corrected chi connectivity index (χ2v) is 4.28. The molecule has 0 unspecified atom stereocenters. The lowest BCUT2D eigenvalue weighted by molar-refractivity contribution is -0.115. The van der Waals surface area contributed by atoms with Crippen LogP contribution in [0, 0.1) is 0 Å². The van der Waals surface area contributed by atoms with E-state index in [1.165, 1.54) is 25.7 Å². The summed E-state index contributed by atoms with van der Waals surface area (Å²) >= 11 is 0. The molecule has 0 atom stereocenters.